The Morgan fingerprint density at radius 3 is 2.69 bits per heavy atom. The molecule has 2 heterocycles. The summed E-state index contributed by atoms with van der Waals surface area (Å²) in [6.07, 6.45) is 2.04. The maximum Gasteiger partial charge on any atom is 0.338 e. The fourth-order valence-corrected chi connectivity index (χ4v) is 2.44. The van der Waals surface area contributed by atoms with E-state index in [4.69, 9.17) is 5.11 Å². The van der Waals surface area contributed by atoms with Crippen molar-refractivity contribution in [3.05, 3.63) is 17.0 Å². The Bertz CT molecular complexity index is 410. The van der Waals surface area contributed by atoms with Gasteiger partial charge >= 0.3 is 12.0 Å². The Morgan fingerprint density at radius 2 is 2.06 bits per heavy atom. The number of nitrogens with zero attached hydrogens (tertiary/aromatic N) is 1. The van der Waals surface area contributed by atoms with Gasteiger partial charge in [0.2, 0.25) is 0 Å². The average molecular weight is 240 g/mol. The van der Waals surface area contributed by atoms with Crippen LogP contribution in [0.4, 0.5) is 9.80 Å². The van der Waals surface area contributed by atoms with E-state index in [0.717, 1.165) is 25.9 Å². The van der Waals surface area contributed by atoms with Gasteiger partial charge in [0.25, 0.3) is 0 Å². The number of thiophene rings is 1. The smallest absolute Gasteiger partial charge is 0.338 e. The molecule has 1 aromatic heterocycles. The number of aromatic carboxylic acids is 1. The van der Waals surface area contributed by atoms with Crippen LogP contribution in [0.3, 0.4) is 0 Å². The number of carbonyl (C=O) groups is 2. The van der Waals surface area contributed by atoms with Crippen LogP contribution in [0.15, 0.2) is 11.4 Å². The third-order valence-corrected chi connectivity index (χ3v) is 3.34. The van der Waals surface area contributed by atoms with Crippen LogP contribution >= 0.6 is 11.3 Å². The lowest BCUT2D eigenvalue weighted by Crippen LogP contribution is -2.32. The minimum Gasteiger partial charge on any atom is -0.478 e. The number of hydrogen-bond acceptors (Lipinski definition) is 3. The van der Waals surface area contributed by atoms with E-state index in [1.807, 2.05) is 0 Å². The van der Waals surface area contributed by atoms with Crippen LogP contribution in [0.1, 0.15) is 23.2 Å². The van der Waals surface area contributed by atoms with Gasteiger partial charge < -0.3 is 10.0 Å². The zero-order chi connectivity index (χ0) is 11.5. The number of likely N-dealkylation sites (tertiary alicyclic amines) is 1. The summed E-state index contributed by atoms with van der Waals surface area (Å²) in [5.74, 6) is -1.02. The standard InChI is InChI=1S/C10H12N2O3S/c13-9(14)7-3-6-16-8(7)11-10(15)12-4-1-2-5-12/h3,6H,1-2,4-5H2,(H,11,15)(H,13,14). The molecule has 0 atom stereocenters. The maximum absolute atomic E-state index is 11.7. The van der Waals surface area contributed by atoms with Crippen molar-refractivity contribution >= 4 is 28.3 Å². The van der Waals surface area contributed by atoms with Crippen LogP contribution in [0, 0.1) is 0 Å². The van der Waals surface area contributed by atoms with E-state index in [2.05, 4.69) is 5.32 Å². The van der Waals surface area contributed by atoms with E-state index < -0.39 is 5.97 Å². The Labute approximate surface area is 96.7 Å². The molecule has 0 bridgehead atoms. The number of urea groups is 1. The lowest BCUT2D eigenvalue weighted by molar-refractivity contribution is 0.0698. The van der Waals surface area contributed by atoms with Gasteiger partial charge in [0.1, 0.15) is 5.00 Å². The summed E-state index contributed by atoms with van der Waals surface area (Å²) in [6, 6.07) is 1.29. The van der Waals surface area contributed by atoms with Crippen molar-refractivity contribution < 1.29 is 14.7 Å². The molecule has 1 aromatic rings. The molecule has 0 spiro atoms. The topological polar surface area (TPSA) is 69.6 Å². The molecular formula is C10H12N2O3S. The number of carboxylic acid groups (broad SMARTS) is 1. The molecule has 2 N–H and O–H groups in total. The normalized spacial score (nSPS) is 15.1. The molecule has 6 heteroatoms. The number of anilines is 1. The molecule has 0 saturated carbocycles. The largest absolute Gasteiger partial charge is 0.478 e. The van der Waals surface area contributed by atoms with Crippen LogP contribution in [0.2, 0.25) is 0 Å². The molecule has 1 saturated heterocycles. The minimum atomic E-state index is -1.02. The predicted octanol–water partition coefficient (Wildman–Crippen LogP) is 2.07. The second-order valence-corrected chi connectivity index (χ2v) is 4.51. The summed E-state index contributed by atoms with van der Waals surface area (Å²) >= 11 is 1.23. The second kappa shape index (κ2) is 4.52. The van der Waals surface area contributed by atoms with Gasteiger partial charge in [0.15, 0.2) is 0 Å². The minimum absolute atomic E-state index is 0.151. The Hall–Kier alpha value is -1.56. The van der Waals surface area contributed by atoms with Crippen LogP contribution in [0.25, 0.3) is 0 Å². The number of rotatable bonds is 2. The van der Waals surface area contributed by atoms with Gasteiger partial charge in [-0.2, -0.15) is 0 Å². The highest BCUT2D eigenvalue weighted by molar-refractivity contribution is 7.14. The van der Waals surface area contributed by atoms with Gasteiger partial charge in [-0.15, -0.1) is 11.3 Å². The molecule has 5 nitrogen and oxygen atoms in total. The fraction of sp³-hybridized carbons (Fsp3) is 0.400. The number of hydrogen-bond donors (Lipinski definition) is 2. The molecule has 2 rings (SSSR count). The van der Waals surface area contributed by atoms with Gasteiger partial charge in [-0.25, -0.2) is 9.59 Å². The Kier molecular flexibility index (Phi) is 3.09. The van der Waals surface area contributed by atoms with Gasteiger partial charge in [0, 0.05) is 13.1 Å². The van der Waals surface area contributed by atoms with Gasteiger partial charge in [-0.1, -0.05) is 0 Å². The van der Waals surface area contributed by atoms with Crippen LogP contribution in [0.5, 0.6) is 0 Å². The van der Waals surface area contributed by atoms with E-state index in [9.17, 15) is 9.59 Å². The van der Waals surface area contributed by atoms with Gasteiger partial charge in [-0.05, 0) is 24.3 Å². The molecule has 0 aromatic carbocycles. The first-order chi connectivity index (χ1) is 7.68. The Morgan fingerprint density at radius 1 is 1.38 bits per heavy atom. The molecule has 0 aliphatic carbocycles. The summed E-state index contributed by atoms with van der Waals surface area (Å²) in [6.45, 7) is 1.50. The molecule has 16 heavy (non-hydrogen) atoms. The van der Waals surface area contributed by atoms with Crippen molar-refractivity contribution in [2.24, 2.45) is 0 Å². The highest BCUT2D eigenvalue weighted by atomic mass is 32.1. The molecule has 86 valence electrons. The highest BCUT2D eigenvalue weighted by Crippen LogP contribution is 2.24. The van der Waals surface area contributed by atoms with Crippen molar-refractivity contribution in [2.45, 2.75) is 12.8 Å². The molecule has 1 aliphatic rings. The summed E-state index contributed by atoms with van der Waals surface area (Å²) in [5.41, 5.74) is 0.151. The zero-order valence-electron chi connectivity index (χ0n) is 8.60. The maximum atomic E-state index is 11.7. The Balaban J connectivity index is 2.05. The monoisotopic (exact) mass is 240 g/mol. The van der Waals surface area contributed by atoms with Crippen LogP contribution < -0.4 is 5.32 Å². The first-order valence-electron chi connectivity index (χ1n) is 5.05. The van der Waals surface area contributed by atoms with Crippen molar-refractivity contribution in [3.8, 4) is 0 Å². The molecule has 0 radical (unpaired) electrons. The summed E-state index contributed by atoms with van der Waals surface area (Å²) < 4.78 is 0. The molecule has 2 amide bonds. The van der Waals surface area contributed by atoms with Crippen LogP contribution in [-0.2, 0) is 0 Å². The number of nitrogens with one attached hydrogen (secondary N) is 1. The van der Waals surface area contributed by atoms with E-state index in [1.54, 1.807) is 10.3 Å². The third-order valence-electron chi connectivity index (χ3n) is 2.51. The summed E-state index contributed by atoms with van der Waals surface area (Å²) in [5, 5.41) is 13.6. The quantitative estimate of drug-likeness (QED) is 0.831. The second-order valence-electron chi connectivity index (χ2n) is 3.59. The third kappa shape index (κ3) is 2.16. The molecule has 1 aliphatic heterocycles. The van der Waals surface area contributed by atoms with E-state index in [1.165, 1.54) is 17.4 Å². The lowest BCUT2D eigenvalue weighted by atomic mass is 10.3. The van der Waals surface area contributed by atoms with Crippen molar-refractivity contribution in [2.75, 3.05) is 18.4 Å². The fourth-order valence-electron chi connectivity index (χ4n) is 1.67. The van der Waals surface area contributed by atoms with Gasteiger partial charge in [0.05, 0.1) is 5.56 Å². The highest BCUT2D eigenvalue weighted by Gasteiger charge is 2.20. The molecular weight excluding hydrogens is 228 g/mol. The summed E-state index contributed by atoms with van der Waals surface area (Å²) in [7, 11) is 0. The molecule has 0 unspecified atom stereocenters. The average Bonchev–Trinajstić information content (AvgIpc) is 2.86. The van der Waals surface area contributed by atoms with Gasteiger partial charge in [-0.3, -0.25) is 5.32 Å². The van der Waals surface area contributed by atoms with Crippen LogP contribution in [-0.4, -0.2) is 35.1 Å². The number of carboxylic acids is 1. The van der Waals surface area contributed by atoms with Crippen molar-refractivity contribution in [1.29, 1.82) is 0 Å². The van der Waals surface area contributed by atoms with Crippen molar-refractivity contribution in [3.63, 3.8) is 0 Å². The number of amides is 2. The lowest BCUT2D eigenvalue weighted by Gasteiger charge is -2.15. The first kappa shape index (κ1) is 10.9. The zero-order valence-corrected chi connectivity index (χ0v) is 9.42. The predicted molar refractivity (Wildman–Crippen MR) is 61.1 cm³/mol. The van der Waals surface area contributed by atoms with E-state index in [-0.39, 0.29) is 11.6 Å². The SMILES string of the molecule is O=C(O)c1ccsc1NC(=O)N1CCCC1. The first-order valence-corrected chi connectivity index (χ1v) is 5.93. The summed E-state index contributed by atoms with van der Waals surface area (Å²) in [4.78, 5) is 24.2. The molecule has 1 fully saturated rings. The van der Waals surface area contributed by atoms with E-state index in [0.29, 0.717) is 5.00 Å². The van der Waals surface area contributed by atoms with E-state index >= 15 is 0 Å². The van der Waals surface area contributed by atoms with Crippen molar-refractivity contribution in [1.82, 2.24) is 4.90 Å². The number of carbonyl (C=O) groups excluding carboxylic acids is 1.